The molecule has 1 atom stereocenters. The molecule has 15 heavy (non-hydrogen) atoms. The SMILES string of the molecule is Nc1ccc(SC[C@H]2CCOC2=O)cc1. The van der Waals surface area contributed by atoms with Crippen LogP contribution in [0.15, 0.2) is 29.2 Å². The zero-order valence-corrected chi connectivity index (χ0v) is 9.13. The number of carbonyl (C=O) groups excluding carboxylic acids is 1. The Labute approximate surface area is 93.0 Å². The molecule has 1 aromatic rings. The molecule has 1 heterocycles. The van der Waals surface area contributed by atoms with E-state index in [1.807, 2.05) is 24.3 Å². The summed E-state index contributed by atoms with van der Waals surface area (Å²) in [7, 11) is 0. The lowest BCUT2D eigenvalue weighted by Gasteiger charge is -2.05. The summed E-state index contributed by atoms with van der Waals surface area (Å²) in [4.78, 5) is 12.3. The van der Waals surface area contributed by atoms with Crippen LogP contribution in [0.1, 0.15) is 6.42 Å². The number of esters is 1. The fourth-order valence-electron chi connectivity index (χ4n) is 1.45. The Morgan fingerprint density at radius 1 is 1.40 bits per heavy atom. The Balaban J connectivity index is 1.87. The van der Waals surface area contributed by atoms with Gasteiger partial charge in [0.2, 0.25) is 0 Å². The van der Waals surface area contributed by atoms with E-state index in [9.17, 15) is 4.79 Å². The first-order valence-corrected chi connectivity index (χ1v) is 5.89. The van der Waals surface area contributed by atoms with E-state index in [0.29, 0.717) is 6.61 Å². The standard InChI is InChI=1S/C11H13NO2S/c12-9-1-3-10(4-2-9)15-7-8-5-6-14-11(8)13/h1-4,8H,5-7,12H2/t8-/m1/s1. The van der Waals surface area contributed by atoms with Gasteiger partial charge >= 0.3 is 5.97 Å². The highest BCUT2D eigenvalue weighted by Gasteiger charge is 2.26. The van der Waals surface area contributed by atoms with Crippen LogP contribution in [0.2, 0.25) is 0 Å². The quantitative estimate of drug-likeness (QED) is 0.483. The number of hydrogen-bond acceptors (Lipinski definition) is 4. The van der Waals surface area contributed by atoms with Gasteiger partial charge in [-0.25, -0.2) is 0 Å². The Bertz CT molecular complexity index is 350. The van der Waals surface area contributed by atoms with Crippen LogP contribution in [0.25, 0.3) is 0 Å². The molecule has 0 saturated carbocycles. The molecular weight excluding hydrogens is 210 g/mol. The smallest absolute Gasteiger partial charge is 0.309 e. The van der Waals surface area contributed by atoms with Gasteiger partial charge in [0.15, 0.2) is 0 Å². The summed E-state index contributed by atoms with van der Waals surface area (Å²) >= 11 is 1.67. The van der Waals surface area contributed by atoms with Crippen molar-refractivity contribution in [3.05, 3.63) is 24.3 Å². The van der Waals surface area contributed by atoms with Crippen molar-refractivity contribution in [2.24, 2.45) is 5.92 Å². The van der Waals surface area contributed by atoms with Gasteiger partial charge in [0.05, 0.1) is 12.5 Å². The van der Waals surface area contributed by atoms with Gasteiger partial charge in [0.1, 0.15) is 0 Å². The zero-order valence-electron chi connectivity index (χ0n) is 8.31. The molecule has 0 unspecified atom stereocenters. The van der Waals surface area contributed by atoms with Gasteiger partial charge in [-0.3, -0.25) is 4.79 Å². The van der Waals surface area contributed by atoms with Crippen LogP contribution in [0, 0.1) is 5.92 Å². The first-order chi connectivity index (χ1) is 7.25. The molecule has 1 fully saturated rings. The lowest BCUT2D eigenvalue weighted by molar-refractivity contribution is -0.140. The van der Waals surface area contributed by atoms with Crippen LogP contribution in [0.3, 0.4) is 0 Å². The Morgan fingerprint density at radius 3 is 2.73 bits per heavy atom. The van der Waals surface area contributed by atoms with Crippen LogP contribution >= 0.6 is 11.8 Å². The third-order valence-corrected chi connectivity index (χ3v) is 3.55. The Kier molecular flexibility index (Phi) is 3.16. The molecule has 1 saturated heterocycles. The number of nitrogens with two attached hydrogens (primary N) is 1. The molecule has 0 aromatic heterocycles. The first kappa shape index (κ1) is 10.4. The van der Waals surface area contributed by atoms with E-state index in [4.69, 9.17) is 10.5 Å². The number of rotatable bonds is 3. The minimum Gasteiger partial charge on any atom is -0.465 e. The van der Waals surface area contributed by atoms with Gasteiger partial charge in [-0.1, -0.05) is 0 Å². The summed E-state index contributed by atoms with van der Waals surface area (Å²) in [6, 6.07) is 7.69. The molecule has 2 N–H and O–H groups in total. The van der Waals surface area contributed by atoms with Crippen LogP contribution in [-0.2, 0) is 9.53 Å². The highest BCUT2D eigenvalue weighted by Crippen LogP contribution is 2.25. The zero-order chi connectivity index (χ0) is 10.7. The van der Waals surface area contributed by atoms with Crippen LogP contribution < -0.4 is 5.73 Å². The number of benzene rings is 1. The normalized spacial score (nSPS) is 20.3. The fourth-order valence-corrected chi connectivity index (χ4v) is 2.47. The average Bonchev–Trinajstić information content (AvgIpc) is 2.63. The van der Waals surface area contributed by atoms with Crippen molar-refractivity contribution in [3.8, 4) is 0 Å². The van der Waals surface area contributed by atoms with Gasteiger partial charge in [-0.2, -0.15) is 0 Å². The van der Waals surface area contributed by atoms with Crippen LogP contribution in [0.5, 0.6) is 0 Å². The molecule has 4 heteroatoms. The predicted molar refractivity (Wildman–Crippen MR) is 60.6 cm³/mol. The first-order valence-electron chi connectivity index (χ1n) is 4.90. The fraction of sp³-hybridized carbons (Fsp3) is 0.364. The molecule has 0 amide bonds. The van der Waals surface area contributed by atoms with E-state index >= 15 is 0 Å². The van der Waals surface area contributed by atoms with Gasteiger partial charge in [-0.05, 0) is 30.7 Å². The third-order valence-electron chi connectivity index (χ3n) is 2.38. The maximum absolute atomic E-state index is 11.2. The van der Waals surface area contributed by atoms with Crippen molar-refractivity contribution >= 4 is 23.4 Å². The monoisotopic (exact) mass is 223 g/mol. The Morgan fingerprint density at radius 2 is 2.13 bits per heavy atom. The number of nitrogen functional groups attached to an aromatic ring is 1. The largest absolute Gasteiger partial charge is 0.465 e. The third kappa shape index (κ3) is 2.65. The topological polar surface area (TPSA) is 52.3 Å². The van der Waals surface area contributed by atoms with Crippen molar-refractivity contribution in [3.63, 3.8) is 0 Å². The molecule has 2 rings (SSSR count). The van der Waals surface area contributed by atoms with Gasteiger partial charge in [0.25, 0.3) is 0 Å². The number of carbonyl (C=O) groups is 1. The molecule has 0 spiro atoms. The number of cyclic esters (lactones) is 1. The molecule has 0 aliphatic carbocycles. The Hall–Kier alpha value is -1.16. The average molecular weight is 223 g/mol. The lowest BCUT2D eigenvalue weighted by atomic mass is 10.1. The number of anilines is 1. The molecule has 1 aliphatic rings. The van der Waals surface area contributed by atoms with Crippen molar-refractivity contribution in [1.82, 2.24) is 0 Å². The van der Waals surface area contributed by atoms with Crippen LogP contribution in [0.4, 0.5) is 5.69 Å². The molecule has 0 radical (unpaired) electrons. The predicted octanol–water partition coefficient (Wildman–Crippen LogP) is 1.92. The van der Waals surface area contributed by atoms with Crippen molar-refractivity contribution in [2.75, 3.05) is 18.1 Å². The van der Waals surface area contributed by atoms with Crippen molar-refractivity contribution in [2.45, 2.75) is 11.3 Å². The van der Waals surface area contributed by atoms with E-state index in [1.54, 1.807) is 11.8 Å². The van der Waals surface area contributed by atoms with Crippen molar-refractivity contribution < 1.29 is 9.53 Å². The molecule has 1 aliphatic heterocycles. The summed E-state index contributed by atoms with van der Waals surface area (Å²) in [6.07, 6.45) is 0.848. The maximum Gasteiger partial charge on any atom is 0.309 e. The van der Waals surface area contributed by atoms with E-state index in [2.05, 4.69) is 0 Å². The second-order valence-corrected chi connectivity index (χ2v) is 4.63. The van der Waals surface area contributed by atoms with E-state index in [1.165, 1.54) is 0 Å². The minimum absolute atomic E-state index is 0.0575. The minimum atomic E-state index is -0.0575. The van der Waals surface area contributed by atoms with Crippen LogP contribution in [-0.4, -0.2) is 18.3 Å². The van der Waals surface area contributed by atoms with E-state index in [0.717, 1.165) is 22.8 Å². The van der Waals surface area contributed by atoms with Crippen molar-refractivity contribution in [1.29, 1.82) is 0 Å². The second kappa shape index (κ2) is 4.57. The van der Waals surface area contributed by atoms with E-state index < -0.39 is 0 Å². The lowest BCUT2D eigenvalue weighted by Crippen LogP contribution is -2.09. The number of hydrogen-bond donors (Lipinski definition) is 1. The highest BCUT2D eigenvalue weighted by molar-refractivity contribution is 7.99. The summed E-state index contributed by atoms with van der Waals surface area (Å²) in [6.45, 7) is 0.575. The molecule has 0 bridgehead atoms. The second-order valence-electron chi connectivity index (χ2n) is 3.53. The number of ether oxygens (including phenoxy) is 1. The van der Waals surface area contributed by atoms with Gasteiger partial charge < -0.3 is 10.5 Å². The molecule has 3 nitrogen and oxygen atoms in total. The molecule has 80 valence electrons. The highest BCUT2D eigenvalue weighted by atomic mass is 32.2. The summed E-state index contributed by atoms with van der Waals surface area (Å²) < 4.78 is 4.90. The number of thioether (sulfide) groups is 1. The molecular formula is C11H13NO2S. The molecule has 1 aromatic carbocycles. The summed E-state index contributed by atoms with van der Waals surface area (Å²) in [5, 5.41) is 0. The summed E-state index contributed by atoms with van der Waals surface area (Å²) in [5.41, 5.74) is 6.35. The van der Waals surface area contributed by atoms with E-state index in [-0.39, 0.29) is 11.9 Å². The maximum atomic E-state index is 11.2. The van der Waals surface area contributed by atoms with Gasteiger partial charge in [-0.15, -0.1) is 11.8 Å². The van der Waals surface area contributed by atoms with Gasteiger partial charge in [0, 0.05) is 16.3 Å². The summed E-state index contributed by atoms with van der Waals surface area (Å²) in [5.74, 6) is 0.799.